The molecule has 0 aliphatic heterocycles. The van der Waals surface area contributed by atoms with E-state index in [2.05, 4.69) is 27.0 Å². The van der Waals surface area contributed by atoms with Gasteiger partial charge in [-0.15, -0.1) is 0 Å². The number of allylic oxidation sites excluding steroid dienone is 1. The third-order valence-corrected chi connectivity index (χ3v) is 4.76. The number of aliphatic imine (C=N–C) groups is 1. The van der Waals surface area contributed by atoms with Crippen LogP contribution in [0.25, 0.3) is 5.70 Å². The Labute approximate surface area is 142 Å². The molecule has 0 heterocycles. The molecule has 0 amide bonds. The number of rotatable bonds is 6. The van der Waals surface area contributed by atoms with Crippen molar-refractivity contribution in [1.29, 1.82) is 0 Å². The number of nitrogens with zero attached hydrogens (tertiary/aromatic N) is 1. The van der Waals surface area contributed by atoms with Crippen molar-refractivity contribution < 1.29 is 4.74 Å². The number of halogens is 1. The van der Waals surface area contributed by atoms with Crippen LogP contribution in [0, 0.1) is 5.92 Å². The summed E-state index contributed by atoms with van der Waals surface area (Å²) in [6.45, 7) is 4.74. The summed E-state index contributed by atoms with van der Waals surface area (Å²) in [5.41, 5.74) is 2.01. The van der Waals surface area contributed by atoms with Gasteiger partial charge in [-0.25, -0.2) is 0 Å². The lowest BCUT2D eigenvalue weighted by Crippen LogP contribution is -2.11. The van der Waals surface area contributed by atoms with Gasteiger partial charge in [0.2, 0.25) is 0 Å². The molecule has 1 aromatic carbocycles. The van der Waals surface area contributed by atoms with E-state index in [4.69, 9.17) is 4.74 Å². The number of benzene rings is 1. The van der Waals surface area contributed by atoms with Crippen LogP contribution in [-0.4, -0.2) is 12.8 Å². The third-order valence-electron chi connectivity index (χ3n) is 4.27. The monoisotopic (exact) mass is 363 g/mol. The van der Waals surface area contributed by atoms with Crippen molar-refractivity contribution >= 4 is 27.8 Å². The minimum Gasteiger partial charge on any atom is -0.493 e. The normalized spacial score (nSPS) is 17.1. The molecule has 0 radical (unpaired) electrons. The molecule has 0 unspecified atom stereocenters. The SMILES string of the molecule is C/C=N\C(=C/C)c1cc(Br)ccc1OCCC1CCCCC1. The molecular formula is C19H26BrNO. The molecular weight excluding hydrogens is 338 g/mol. The molecule has 0 saturated heterocycles. The quantitative estimate of drug-likeness (QED) is 0.547. The second-order valence-electron chi connectivity index (χ2n) is 5.84. The van der Waals surface area contributed by atoms with E-state index in [9.17, 15) is 0 Å². The highest BCUT2D eigenvalue weighted by molar-refractivity contribution is 9.10. The number of ether oxygens (including phenoxy) is 1. The van der Waals surface area contributed by atoms with Gasteiger partial charge in [0.1, 0.15) is 5.75 Å². The first-order chi connectivity index (χ1) is 10.7. The average Bonchev–Trinajstić information content (AvgIpc) is 2.55. The fourth-order valence-corrected chi connectivity index (χ4v) is 3.44. The van der Waals surface area contributed by atoms with Crippen LogP contribution in [0.5, 0.6) is 5.75 Å². The fraction of sp³-hybridized carbons (Fsp3) is 0.526. The third kappa shape index (κ3) is 4.98. The summed E-state index contributed by atoms with van der Waals surface area (Å²) in [4.78, 5) is 4.45. The lowest BCUT2D eigenvalue weighted by Gasteiger charge is -2.21. The van der Waals surface area contributed by atoms with Gasteiger partial charge in [-0.05, 0) is 44.4 Å². The largest absolute Gasteiger partial charge is 0.493 e. The smallest absolute Gasteiger partial charge is 0.128 e. The zero-order valence-corrected chi connectivity index (χ0v) is 15.2. The fourth-order valence-electron chi connectivity index (χ4n) is 3.08. The first-order valence-electron chi connectivity index (χ1n) is 8.32. The molecule has 0 atom stereocenters. The van der Waals surface area contributed by atoms with Crippen LogP contribution in [0.4, 0.5) is 0 Å². The second-order valence-corrected chi connectivity index (χ2v) is 6.76. The van der Waals surface area contributed by atoms with Gasteiger partial charge in [0.25, 0.3) is 0 Å². The number of hydrogen-bond donors (Lipinski definition) is 0. The highest BCUT2D eigenvalue weighted by atomic mass is 79.9. The van der Waals surface area contributed by atoms with E-state index in [1.807, 2.05) is 38.3 Å². The van der Waals surface area contributed by atoms with Crippen LogP contribution in [0.3, 0.4) is 0 Å². The van der Waals surface area contributed by atoms with Crippen molar-refractivity contribution in [3.05, 3.63) is 34.3 Å². The van der Waals surface area contributed by atoms with Crippen molar-refractivity contribution in [2.24, 2.45) is 10.9 Å². The van der Waals surface area contributed by atoms with Crippen molar-refractivity contribution in [1.82, 2.24) is 0 Å². The van der Waals surface area contributed by atoms with E-state index < -0.39 is 0 Å². The molecule has 1 aromatic rings. The Bertz CT molecular complexity index is 530. The minimum absolute atomic E-state index is 0.798. The minimum atomic E-state index is 0.798. The van der Waals surface area contributed by atoms with Crippen LogP contribution in [0.1, 0.15) is 57.9 Å². The summed E-state index contributed by atoms with van der Waals surface area (Å²) in [5, 5.41) is 0. The highest BCUT2D eigenvalue weighted by Crippen LogP contribution is 2.31. The number of hydrogen-bond acceptors (Lipinski definition) is 2. The predicted octanol–water partition coefficient (Wildman–Crippen LogP) is 6.25. The van der Waals surface area contributed by atoms with Crippen LogP contribution >= 0.6 is 15.9 Å². The maximum absolute atomic E-state index is 6.09. The van der Waals surface area contributed by atoms with Crippen molar-refractivity contribution in [2.75, 3.05) is 6.61 Å². The van der Waals surface area contributed by atoms with Gasteiger partial charge >= 0.3 is 0 Å². The van der Waals surface area contributed by atoms with E-state index in [1.54, 1.807) is 0 Å². The second kappa shape index (κ2) is 9.14. The summed E-state index contributed by atoms with van der Waals surface area (Å²) < 4.78 is 7.14. The molecule has 120 valence electrons. The van der Waals surface area contributed by atoms with E-state index >= 15 is 0 Å². The molecule has 2 rings (SSSR count). The molecule has 3 heteroatoms. The van der Waals surface area contributed by atoms with Gasteiger partial charge in [-0.2, -0.15) is 0 Å². The lowest BCUT2D eigenvalue weighted by atomic mass is 9.87. The Balaban J connectivity index is 2.03. The first kappa shape index (κ1) is 17.3. The summed E-state index contributed by atoms with van der Waals surface area (Å²) in [6.07, 6.45) is 11.9. The molecule has 0 aromatic heterocycles. The molecule has 1 aliphatic rings. The Morgan fingerprint density at radius 2 is 2.05 bits per heavy atom. The first-order valence-corrected chi connectivity index (χ1v) is 9.11. The summed E-state index contributed by atoms with van der Waals surface area (Å²) in [5.74, 6) is 1.78. The predicted molar refractivity (Wildman–Crippen MR) is 98.6 cm³/mol. The molecule has 0 bridgehead atoms. The zero-order valence-electron chi connectivity index (χ0n) is 13.6. The van der Waals surface area contributed by atoms with Crippen molar-refractivity contribution in [2.45, 2.75) is 52.4 Å². The van der Waals surface area contributed by atoms with E-state index in [0.717, 1.165) is 40.4 Å². The molecule has 1 aliphatic carbocycles. The van der Waals surface area contributed by atoms with Crippen LogP contribution < -0.4 is 4.74 Å². The van der Waals surface area contributed by atoms with Gasteiger partial charge in [-0.1, -0.05) is 54.1 Å². The average molecular weight is 364 g/mol. The topological polar surface area (TPSA) is 21.6 Å². The van der Waals surface area contributed by atoms with Crippen LogP contribution in [-0.2, 0) is 0 Å². The van der Waals surface area contributed by atoms with Gasteiger partial charge in [0.05, 0.1) is 12.3 Å². The Kier molecular flexibility index (Phi) is 7.17. The highest BCUT2D eigenvalue weighted by Gasteiger charge is 2.14. The van der Waals surface area contributed by atoms with Gasteiger partial charge in [-0.3, -0.25) is 4.99 Å². The standard InChI is InChI=1S/C19H26BrNO/c1-3-18(21-4-2)17-14-16(20)10-11-19(17)22-13-12-15-8-6-5-7-9-15/h3-4,10-11,14-15H,5-9,12-13H2,1-2H3/b18-3-,21-4-. The van der Waals surface area contributed by atoms with E-state index in [0.29, 0.717) is 0 Å². The van der Waals surface area contributed by atoms with E-state index in [-0.39, 0.29) is 0 Å². The molecule has 1 saturated carbocycles. The van der Waals surface area contributed by atoms with Gasteiger partial charge < -0.3 is 4.74 Å². The summed E-state index contributed by atoms with van der Waals surface area (Å²) in [7, 11) is 0. The Hall–Kier alpha value is -1.09. The van der Waals surface area contributed by atoms with Gasteiger partial charge in [0, 0.05) is 16.3 Å². The van der Waals surface area contributed by atoms with Crippen LogP contribution in [0.15, 0.2) is 33.7 Å². The molecule has 2 nitrogen and oxygen atoms in total. The zero-order chi connectivity index (χ0) is 15.8. The van der Waals surface area contributed by atoms with Crippen molar-refractivity contribution in [3.8, 4) is 5.75 Å². The summed E-state index contributed by atoms with van der Waals surface area (Å²) in [6, 6.07) is 6.15. The maximum Gasteiger partial charge on any atom is 0.128 e. The maximum atomic E-state index is 6.09. The molecule has 0 N–H and O–H groups in total. The van der Waals surface area contributed by atoms with Crippen LogP contribution in [0.2, 0.25) is 0 Å². The summed E-state index contributed by atoms with van der Waals surface area (Å²) >= 11 is 3.54. The van der Waals surface area contributed by atoms with Crippen molar-refractivity contribution in [3.63, 3.8) is 0 Å². The lowest BCUT2D eigenvalue weighted by molar-refractivity contribution is 0.246. The molecule has 0 spiro atoms. The van der Waals surface area contributed by atoms with Gasteiger partial charge in [0.15, 0.2) is 0 Å². The Morgan fingerprint density at radius 1 is 1.27 bits per heavy atom. The van der Waals surface area contributed by atoms with E-state index in [1.165, 1.54) is 32.1 Å². The Morgan fingerprint density at radius 3 is 2.73 bits per heavy atom. The molecule has 22 heavy (non-hydrogen) atoms. The molecule has 1 fully saturated rings.